The summed E-state index contributed by atoms with van der Waals surface area (Å²) >= 11 is 0. The Morgan fingerprint density at radius 3 is 2.44 bits per heavy atom. The zero-order valence-corrected chi connectivity index (χ0v) is 11.4. The summed E-state index contributed by atoms with van der Waals surface area (Å²) in [5.41, 5.74) is 1.64. The first-order valence-electron chi connectivity index (χ1n) is 6.98. The highest BCUT2D eigenvalue weighted by atomic mass is 16.1. The van der Waals surface area contributed by atoms with Gasteiger partial charge < -0.3 is 4.90 Å². The minimum Gasteiger partial charge on any atom is -0.357 e. The predicted molar refractivity (Wildman–Crippen MR) is 74.3 cm³/mol. The van der Waals surface area contributed by atoms with E-state index in [-0.39, 0.29) is 5.78 Å². The highest BCUT2D eigenvalue weighted by Crippen LogP contribution is 2.19. The van der Waals surface area contributed by atoms with Gasteiger partial charge >= 0.3 is 0 Å². The summed E-state index contributed by atoms with van der Waals surface area (Å²) < 4.78 is 0. The van der Waals surface area contributed by atoms with Gasteiger partial charge in [-0.1, -0.05) is 19.8 Å². The number of ketones is 1. The van der Waals surface area contributed by atoms with Gasteiger partial charge in [-0.05, 0) is 31.9 Å². The van der Waals surface area contributed by atoms with Crippen LogP contribution in [0.1, 0.15) is 55.1 Å². The molecule has 2 heterocycles. The van der Waals surface area contributed by atoms with Gasteiger partial charge in [0.05, 0.1) is 5.69 Å². The number of Topliss-reactive ketones (excluding diaryl/α,β-unsaturated/α-hetero) is 1. The molecule has 18 heavy (non-hydrogen) atoms. The molecular formula is C15H22N2O. The highest BCUT2D eigenvalue weighted by molar-refractivity contribution is 5.96. The van der Waals surface area contributed by atoms with Gasteiger partial charge in [0.1, 0.15) is 5.82 Å². The van der Waals surface area contributed by atoms with Gasteiger partial charge in [-0.25, -0.2) is 4.98 Å². The van der Waals surface area contributed by atoms with E-state index in [1.54, 1.807) is 0 Å². The fourth-order valence-electron chi connectivity index (χ4n) is 2.51. The summed E-state index contributed by atoms with van der Waals surface area (Å²) in [6.45, 7) is 6.01. The second-order valence-electron chi connectivity index (χ2n) is 4.98. The maximum absolute atomic E-state index is 11.7. The third kappa shape index (κ3) is 2.89. The van der Waals surface area contributed by atoms with Crippen LogP contribution >= 0.6 is 0 Å². The number of aromatic nitrogens is 1. The third-order valence-electron chi connectivity index (χ3n) is 3.62. The average Bonchev–Trinajstić information content (AvgIpc) is 2.66. The Morgan fingerprint density at radius 2 is 1.89 bits per heavy atom. The second kappa shape index (κ2) is 5.98. The number of pyridine rings is 1. The Labute approximate surface area is 109 Å². The summed E-state index contributed by atoms with van der Waals surface area (Å²) in [7, 11) is 0. The number of carbonyl (C=O) groups is 1. The first kappa shape index (κ1) is 13.1. The lowest BCUT2D eigenvalue weighted by Gasteiger charge is -2.22. The molecule has 0 aromatic carbocycles. The molecule has 1 aromatic rings. The van der Waals surface area contributed by atoms with E-state index in [9.17, 15) is 4.79 Å². The molecule has 0 atom stereocenters. The van der Waals surface area contributed by atoms with E-state index < -0.39 is 0 Å². The zero-order valence-electron chi connectivity index (χ0n) is 11.4. The van der Waals surface area contributed by atoms with Crippen molar-refractivity contribution in [2.75, 3.05) is 18.0 Å². The van der Waals surface area contributed by atoms with Gasteiger partial charge in [0, 0.05) is 25.1 Å². The monoisotopic (exact) mass is 246 g/mol. The summed E-state index contributed by atoms with van der Waals surface area (Å²) in [4.78, 5) is 18.7. The fraction of sp³-hybridized carbons (Fsp3) is 0.600. The van der Waals surface area contributed by atoms with Crippen molar-refractivity contribution in [3.63, 3.8) is 0 Å². The highest BCUT2D eigenvalue weighted by Gasteiger charge is 2.14. The van der Waals surface area contributed by atoms with Gasteiger partial charge in [0.2, 0.25) is 0 Å². The standard InChI is InChI=1S/C15H22N2O/c1-3-14(18)13-8-9-15(16-12(13)2)17-10-6-4-5-7-11-17/h8-9H,3-7,10-11H2,1-2H3. The molecule has 1 aromatic heterocycles. The molecule has 0 unspecified atom stereocenters. The lowest BCUT2D eigenvalue weighted by molar-refractivity contribution is 0.0987. The Bertz CT molecular complexity index is 421. The van der Waals surface area contributed by atoms with Crippen molar-refractivity contribution < 1.29 is 4.79 Å². The van der Waals surface area contributed by atoms with Crippen LogP contribution in [0.4, 0.5) is 5.82 Å². The lowest BCUT2D eigenvalue weighted by atomic mass is 10.1. The minimum atomic E-state index is 0.183. The van der Waals surface area contributed by atoms with Gasteiger partial charge in [0.15, 0.2) is 5.78 Å². The Hall–Kier alpha value is -1.38. The van der Waals surface area contributed by atoms with E-state index in [1.807, 2.05) is 26.0 Å². The first-order valence-corrected chi connectivity index (χ1v) is 6.98. The Kier molecular flexibility index (Phi) is 4.34. The minimum absolute atomic E-state index is 0.183. The fourth-order valence-corrected chi connectivity index (χ4v) is 2.51. The van der Waals surface area contributed by atoms with Gasteiger partial charge in [-0.15, -0.1) is 0 Å². The lowest BCUT2D eigenvalue weighted by Crippen LogP contribution is -2.25. The van der Waals surface area contributed by atoms with Gasteiger partial charge in [0.25, 0.3) is 0 Å². The predicted octanol–water partition coefficient (Wildman–Crippen LogP) is 3.36. The SMILES string of the molecule is CCC(=O)c1ccc(N2CCCCCC2)nc1C. The maximum Gasteiger partial charge on any atom is 0.164 e. The molecule has 0 N–H and O–H groups in total. The molecule has 0 saturated carbocycles. The topological polar surface area (TPSA) is 33.2 Å². The molecule has 3 heteroatoms. The Morgan fingerprint density at radius 1 is 1.22 bits per heavy atom. The Balaban J connectivity index is 2.19. The molecule has 2 rings (SSSR count). The van der Waals surface area contributed by atoms with Crippen molar-refractivity contribution in [1.29, 1.82) is 0 Å². The summed E-state index contributed by atoms with van der Waals surface area (Å²) in [6.07, 6.45) is 5.68. The normalized spacial score (nSPS) is 16.4. The number of rotatable bonds is 3. The van der Waals surface area contributed by atoms with Crippen molar-refractivity contribution in [2.24, 2.45) is 0 Å². The van der Waals surface area contributed by atoms with Crippen molar-refractivity contribution in [2.45, 2.75) is 46.0 Å². The van der Waals surface area contributed by atoms with Crippen LogP contribution in [0.25, 0.3) is 0 Å². The average molecular weight is 246 g/mol. The van der Waals surface area contributed by atoms with Crippen LogP contribution in [0, 0.1) is 6.92 Å². The summed E-state index contributed by atoms with van der Waals surface area (Å²) in [5, 5.41) is 0. The van der Waals surface area contributed by atoms with Crippen LogP contribution < -0.4 is 4.90 Å². The molecule has 0 bridgehead atoms. The molecule has 0 amide bonds. The molecule has 1 aliphatic heterocycles. The molecule has 98 valence electrons. The quantitative estimate of drug-likeness (QED) is 0.767. The first-order chi connectivity index (χ1) is 8.72. The molecule has 1 aliphatic rings. The van der Waals surface area contributed by atoms with Crippen molar-refractivity contribution in [1.82, 2.24) is 4.98 Å². The number of aryl methyl sites for hydroxylation is 1. The van der Waals surface area contributed by atoms with E-state index in [0.717, 1.165) is 30.2 Å². The van der Waals surface area contributed by atoms with E-state index in [4.69, 9.17) is 0 Å². The smallest absolute Gasteiger partial charge is 0.164 e. The second-order valence-corrected chi connectivity index (χ2v) is 4.98. The zero-order chi connectivity index (χ0) is 13.0. The number of hydrogen-bond acceptors (Lipinski definition) is 3. The van der Waals surface area contributed by atoms with Crippen LogP contribution in [0.5, 0.6) is 0 Å². The molecule has 3 nitrogen and oxygen atoms in total. The third-order valence-corrected chi connectivity index (χ3v) is 3.62. The molecule has 0 radical (unpaired) electrons. The van der Waals surface area contributed by atoms with E-state index >= 15 is 0 Å². The van der Waals surface area contributed by atoms with Crippen LogP contribution in [0.3, 0.4) is 0 Å². The number of nitrogens with zero attached hydrogens (tertiary/aromatic N) is 2. The number of hydrogen-bond donors (Lipinski definition) is 0. The van der Waals surface area contributed by atoms with Crippen LogP contribution in [0.15, 0.2) is 12.1 Å². The molecule has 0 aliphatic carbocycles. The molecule has 1 saturated heterocycles. The van der Waals surface area contributed by atoms with Crippen LogP contribution in [-0.2, 0) is 0 Å². The van der Waals surface area contributed by atoms with Crippen LogP contribution in [0.2, 0.25) is 0 Å². The molecule has 0 spiro atoms. The van der Waals surface area contributed by atoms with Crippen LogP contribution in [-0.4, -0.2) is 23.9 Å². The maximum atomic E-state index is 11.7. The molecular weight excluding hydrogens is 224 g/mol. The van der Waals surface area contributed by atoms with Crippen molar-refractivity contribution >= 4 is 11.6 Å². The molecule has 1 fully saturated rings. The van der Waals surface area contributed by atoms with Gasteiger partial charge in [-0.3, -0.25) is 4.79 Å². The van der Waals surface area contributed by atoms with Gasteiger partial charge in [-0.2, -0.15) is 0 Å². The number of carbonyl (C=O) groups excluding carboxylic acids is 1. The van der Waals surface area contributed by atoms with Crippen molar-refractivity contribution in [3.05, 3.63) is 23.4 Å². The largest absolute Gasteiger partial charge is 0.357 e. The van der Waals surface area contributed by atoms with Crippen molar-refractivity contribution in [3.8, 4) is 0 Å². The van der Waals surface area contributed by atoms with E-state index in [0.29, 0.717) is 6.42 Å². The number of anilines is 1. The van der Waals surface area contributed by atoms with E-state index in [2.05, 4.69) is 9.88 Å². The summed E-state index contributed by atoms with van der Waals surface area (Å²) in [5.74, 6) is 1.21. The summed E-state index contributed by atoms with van der Waals surface area (Å²) in [6, 6.07) is 3.94. The van der Waals surface area contributed by atoms with E-state index in [1.165, 1.54) is 25.7 Å².